The normalized spacial score (nSPS) is 20.7. The average molecular weight is 646 g/mol. The third kappa shape index (κ3) is 4.91. The maximum atomic E-state index is 6.57. The van der Waals surface area contributed by atoms with Gasteiger partial charge < -0.3 is 18.6 Å². The fraction of sp³-hybridized carbons (Fsp3) is 0.302. The maximum absolute atomic E-state index is 6.57. The fourth-order valence-corrected chi connectivity index (χ4v) is 7.62. The molecule has 2 heterocycles. The second-order valence-corrected chi connectivity index (χ2v) is 15.8. The van der Waals surface area contributed by atoms with E-state index in [0.29, 0.717) is 0 Å². The molecule has 0 amide bonds. The van der Waals surface area contributed by atoms with Gasteiger partial charge in [-0.1, -0.05) is 115 Å². The van der Waals surface area contributed by atoms with E-state index in [-0.39, 0.29) is 11.2 Å². The van der Waals surface area contributed by atoms with Gasteiger partial charge in [-0.05, 0) is 117 Å². The molecule has 4 nitrogen and oxygen atoms in total. The molecule has 246 valence electrons. The van der Waals surface area contributed by atoms with Crippen molar-refractivity contribution >= 4 is 25.2 Å². The molecule has 49 heavy (non-hydrogen) atoms. The van der Waals surface area contributed by atoms with Crippen molar-refractivity contribution in [3.05, 3.63) is 144 Å². The zero-order chi connectivity index (χ0) is 34.4. The van der Waals surface area contributed by atoms with Gasteiger partial charge in [-0.2, -0.15) is 0 Å². The maximum Gasteiger partial charge on any atom is 0.494 e. The Balaban J connectivity index is 1.28. The first-order valence-corrected chi connectivity index (χ1v) is 17.5. The molecule has 2 fully saturated rings. The number of rotatable bonds is 5. The first-order valence-electron chi connectivity index (χ1n) is 17.5. The molecule has 1 aliphatic carbocycles. The lowest BCUT2D eigenvalue weighted by molar-refractivity contribution is 0.00578. The summed E-state index contributed by atoms with van der Waals surface area (Å²) in [6.07, 6.45) is 0. The minimum atomic E-state index is -0.550. The largest absolute Gasteiger partial charge is 0.494 e. The second-order valence-electron chi connectivity index (χ2n) is 15.8. The Morgan fingerprint density at radius 1 is 0.388 bits per heavy atom. The summed E-state index contributed by atoms with van der Waals surface area (Å²) in [4.78, 5) is 0. The van der Waals surface area contributed by atoms with E-state index in [1.54, 1.807) is 0 Å². The van der Waals surface area contributed by atoms with E-state index in [1.807, 2.05) is 0 Å². The summed E-state index contributed by atoms with van der Waals surface area (Å²) < 4.78 is 25.8. The Morgan fingerprint density at radius 2 is 0.776 bits per heavy atom. The minimum absolute atomic E-state index is 0.383. The van der Waals surface area contributed by atoms with Gasteiger partial charge >= 0.3 is 14.2 Å². The van der Waals surface area contributed by atoms with Crippen molar-refractivity contribution < 1.29 is 18.6 Å². The van der Waals surface area contributed by atoms with Crippen LogP contribution in [0.1, 0.15) is 77.6 Å². The molecule has 0 bridgehead atoms. The molecule has 2 saturated heterocycles. The summed E-state index contributed by atoms with van der Waals surface area (Å²) in [5.74, 6) is 0. The van der Waals surface area contributed by atoms with Gasteiger partial charge in [0.05, 0.1) is 27.8 Å². The molecule has 0 atom stereocenters. The summed E-state index contributed by atoms with van der Waals surface area (Å²) in [6, 6.07) is 44.2. The molecule has 3 aliphatic rings. The quantitative estimate of drug-likeness (QED) is 0.177. The summed E-state index contributed by atoms with van der Waals surface area (Å²) in [6.45, 7) is 16.8. The molecule has 5 aromatic carbocycles. The van der Waals surface area contributed by atoms with Crippen molar-refractivity contribution in [3.8, 4) is 22.3 Å². The first-order chi connectivity index (χ1) is 23.2. The van der Waals surface area contributed by atoms with E-state index in [1.165, 1.54) is 33.4 Å². The van der Waals surface area contributed by atoms with Gasteiger partial charge in [-0.15, -0.1) is 0 Å². The van der Waals surface area contributed by atoms with Crippen LogP contribution in [0.2, 0.25) is 0 Å². The minimum Gasteiger partial charge on any atom is -0.399 e. The summed E-state index contributed by atoms with van der Waals surface area (Å²) in [5.41, 5.74) is 9.59. The predicted molar refractivity (Wildman–Crippen MR) is 201 cm³/mol. The highest BCUT2D eigenvalue weighted by atomic mass is 16.7. The van der Waals surface area contributed by atoms with Crippen molar-refractivity contribution in [2.45, 2.75) is 83.2 Å². The van der Waals surface area contributed by atoms with E-state index >= 15 is 0 Å². The van der Waals surface area contributed by atoms with E-state index in [9.17, 15) is 0 Å². The fourth-order valence-electron chi connectivity index (χ4n) is 7.62. The van der Waals surface area contributed by atoms with Crippen LogP contribution in [-0.4, -0.2) is 36.6 Å². The van der Waals surface area contributed by atoms with E-state index in [0.717, 1.165) is 22.1 Å². The van der Waals surface area contributed by atoms with Gasteiger partial charge in [0, 0.05) is 0 Å². The average Bonchev–Trinajstić information content (AvgIpc) is 3.59. The Kier molecular flexibility index (Phi) is 7.27. The smallest absolute Gasteiger partial charge is 0.399 e. The van der Waals surface area contributed by atoms with Crippen LogP contribution in [0.25, 0.3) is 22.3 Å². The Morgan fingerprint density at radius 3 is 1.27 bits per heavy atom. The standard InChI is InChI=1S/C43H44B2O4/c1-39(2)40(3,4)47-44(46-39)33-22-19-29(20-23-33)30-21-25-35-36-26-24-34(45-48-41(5,6)42(7,8)49-45)28-38(36)43(37(35)27-30,31-15-11-9-12-16-31)32-17-13-10-14-18-32/h9-28H,1-8H3. The number of hydrogen-bond donors (Lipinski definition) is 0. The SMILES string of the molecule is CC1(C)OB(c2ccc(-c3ccc4c(c3)C(c3ccccc3)(c3ccccc3)c3cc(B5OC(C)(C)C(C)(C)O5)ccc3-4)cc2)OC1(C)C. The van der Waals surface area contributed by atoms with Crippen LogP contribution < -0.4 is 10.9 Å². The van der Waals surface area contributed by atoms with Crippen LogP contribution in [0.3, 0.4) is 0 Å². The van der Waals surface area contributed by atoms with Crippen molar-refractivity contribution in [2.75, 3.05) is 0 Å². The molecule has 2 aliphatic heterocycles. The van der Waals surface area contributed by atoms with Crippen molar-refractivity contribution in [2.24, 2.45) is 0 Å². The van der Waals surface area contributed by atoms with E-state index < -0.39 is 30.9 Å². The summed E-state index contributed by atoms with van der Waals surface area (Å²) in [7, 11) is -0.850. The van der Waals surface area contributed by atoms with Crippen LogP contribution in [-0.2, 0) is 24.0 Å². The topological polar surface area (TPSA) is 36.9 Å². The van der Waals surface area contributed by atoms with Gasteiger partial charge in [0.2, 0.25) is 0 Å². The van der Waals surface area contributed by atoms with Crippen molar-refractivity contribution in [1.82, 2.24) is 0 Å². The lowest BCUT2D eigenvalue weighted by Gasteiger charge is -2.34. The van der Waals surface area contributed by atoms with Gasteiger partial charge in [-0.3, -0.25) is 0 Å². The van der Waals surface area contributed by atoms with Crippen LogP contribution >= 0.6 is 0 Å². The molecule has 8 rings (SSSR count). The Hall–Kier alpha value is -3.93. The van der Waals surface area contributed by atoms with Gasteiger partial charge in [0.15, 0.2) is 0 Å². The molecule has 0 saturated carbocycles. The lowest BCUT2D eigenvalue weighted by atomic mass is 9.66. The van der Waals surface area contributed by atoms with Gasteiger partial charge in [0.25, 0.3) is 0 Å². The molecular weight excluding hydrogens is 602 g/mol. The predicted octanol–water partition coefficient (Wildman–Crippen LogP) is 8.32. The molecule has 5 aromatic rings. The molecule has 0 unspecified atom stereocenters. The zero-order valence-electron chi connectivity index (χ0n) is 29.8. The van der Waals surface area contributed by atoms with Crippen molar-refractivity contribution in [1.29, 1.82) is 0 Å². The Labute approximate surface area is 292 Å². The first kappa shape index (κ1) is 32.3. The molecule has 0 N–H and O–H groups in total. The molecule has 6 heteroatoms. The monoisotopic (exact) mass is 646 g/mol. The summed E-state index contributed by atoms with van der Waals surface area (Å²) in [5, 5.41) is 0. The highest BCUT2D eigenvalue weighted by molar-refractivity contribution is 6.62. The van der Waals surface area contributed by atoms with E-state index in [2.05, 4.69) is 177 Å². The highest BCUT2D eigenvalue weighted by Gasteiger charge is 2.54. The van der Waals surface area contributed by atoms with E-state index in [4.69, 9.17) is 18.6 Å². The molecule has 0 radical (unpaired) electrons. The number of fused-ring (bicyclic) bond motifs is 3. The van der Waals surface area contributed by atoms with Crippen molar-refractivity contribution in [3.63, 3.8) is 0 Å². The zero-order valence-corrected chi connectivity index (χ0v) is 29.8. The third-order valence-corrected chi connectivity index (χ3v) is 11.9. The van der Waals surface area contributed by atoms with Gasteiger partial charge in [0.1, 0.15) is 0 Å². The van der Waals surface area contributed by atoms with Crippen LogP contribution in [0.4, 0.5) is 0 Å². The Bertz CT molecular complexity index is 1960. The lowest BCUT2D eigenvalue weighted by Crippen LogP contribution is -2.41. The second kappa shape index (κ2) is 11.0. The number of benzene rings is 5. The van der Waals surface area contributed by atoms with Crippen LogP contribution in [0, 0.1) is 0 Å². The summed E-state index contributed by atoms with van der Waals surface area (Å²) >= 11 is 0. The molecular formula is C43H44B2O4. The molecule has 0 aromatic heterocycles. The third-order valence-electron chi connectivity index (χ3n) is 11.9. The van der Waals surface area contributed by atoms with Gasteiger partial charge in [-0.25, -0.2) is 0 Å². The highest BCUT2D eigenvalue weighted by Crippen LogP contribution is 2.56. The van der Waals surface area contributed by atoms with Crippen LogP contribution in [0.5, 0.6) is 0 Å². The number of hydrogen-bond acceptors (Lipinski definition) is 4. The molecule has 0 spiro atoms. The van der Waals surface area contributed by atoms with Crippen LogP contribution in [0.15, 0.2) is 121 Å².